The van der Waals surface area contributed by atoms with Crippen LogP contribution in [0.2, 0.25) is 0 Å². The Balaban J connectivity index is 1.09. The van der Waals surface area contributed by atoms with Crippen molar-refractivity contribution in [3.8, 4) is 55.6 Å². The molecule has 0 N–H and O–H groups in total. The quantitative estimate of drug-likeness (QED) is 0.140. The highest BCUT2D eigenvalue weighted by atomic mass is 15.1. The Morgan fingerprint density at radius 2 is 0.700 bits per heavy atom. The van der Waals surface area contributed by atoms with Crippen LogP contribution in [-0.4, -0.2) is 0 Å². The maximum absolute atomic E-state index is 2.51. The van der Waals surface area contributed by atoms with Crippen molar-refractivity contribution in [2.75, 3.05) is 4.90 Å². The number of nitrogens with zero attached hydrogens (tertiary/aromatic N) is 1. The highest BCUT2D eigenvalue weighted by Gasteiger charge is 2.46. The SMILES string of the molecule is c1ccc(-c2cccc(-c3ccc(N(c4ccc5c(c4)C(c4ccccc4)(c4ccccc4)c4ccccc4-5)c4cc(-c5cccc6ccccc56)ccc4-c4cccc5ccccc45)cc3)c2)cc1. The van der Waals surface area contributed by atoms with Gasteiger partial charge in [-0.05, 0) is 130 Å². The lowest BCUT2D eigenvalue weighted by Crippen LogP contribution is -2.28. The van der Waals surface area contributed by atoms with E-state index in [1.165, 1.54) is 82.7 Å². The van der Waals surface area contributed by atoms with Crippen LogP contribution < -0.4 is 4.90 Å². The van der Waals surface area contributed by atoms with E-state index >= 15 is 0 Å². The first kappa shape index (κ1) is 41.2. The summed E-state index contributed by atoms with van der Waals surface area (Å²) in [4.78, 5) is 2.51. The van der Waals surface area contributed by atoms with Crippen molar-refractivity contribution in [3.63, 3.8) is 0 Å². The molecule has 1 heteroatoms. The standard InChI is InChI=1S/C69H47N/c1-4-19-48(20-5-1)52-25-16-26-53(45-52)49-37-40-57(41-38-49)70(58-42-44-64-63-33-14-15-36-66(63)69(67(64)47-58,55-27-6-2-7-28-55)56-29-8-3-9-30-56)68-46-54(61-34-17-23-50-21-10-12-31-59(50)61)39-43-65(68)62-35-18-24-51-22-11-13-32-60(51)62/h1-47H. The second-order valence-corrected chi connectivity index (χ2v) is 18.4. The van der Waals surface area contributed by atoms with Crippen LogP contribution in [0.15, 0.2) is 285 Å². The molecule has 1 aliphatic rings. The molecule has 0 heterocycles. The molecule has 70 heavy (non-hydrogen) atoms. The minimum absolute atomic E-state index is 0.562. The van der Waals surface area contributed by atoms with Crippen LogP contribution in [0.1, 0.15) is 22.3 Å². The van der Waals surface area contributed by atoms with Gasteiger partial charge >= 0.3 is 0 Å². The van der Waals surface area contributed by atoms with Crippen molar-refractivity contribution in [1.29, 1.82) is 0 Å². The third-order valence-corrected chi connectivity index (χ3v) is 14.5. The van der Waals surface area contributed by atoms with Crippen molar-refractivity contribution in [2.45, 2.75) is 5.41 Å². The Morgan fingerprint density at radius 3 is 1.39 bits per heavy atom. The molecule has 1 nitrogen and oxygen atoms in total. The largest absolute Gasteiger partial charge is 0.310 e. The normalized spacial score (nSPS) is 12.4. The number of benzene rings is 12. The van der Waals surface area contributed by atoms with Gasteiger partial charge in [-0.3, -0.25) is 0 Å². The molecule has 0 aromatic heterocycles. The van der Waals surface area contributed by atoms with Crippen LogP contribution in [0.25, 0.3) is 77.2 Å². The summed E-state index contributed by atoms with van der Waals surface area (Å²) in [6.45, 7) is 0. The fraction of sp³-hybridized carbons (Fsp3) is 0.0145. The van der Waals surface area contributed by atoms with Crippen molar-refractivity contribution >= 4 is 38.6 Å². The monoisotopic (exact) mass is 889 g/mol. The van der Waals surface area contributed by atoms with Crippen LogP contribution in [0.5, 0.6) is 0 Å². The second-order valence-electron chi connectivity index (χ2n) is 18.4. The van der Waals surface area contributed by atoms with E-state index in [1.807, 2.05) is 0 Å². The second kappa shape index (κ2) is 17.2. The molecule has 0 bridgehead atoms. The van der Waals surface area contributed by atoms with E-state index < -0.39 is 5.41 Å². The highest BCUT2D eigenvalue weighted by Crippen LogP contribution is 2.58. The summed E-state index contributed by atoms with van der Waals surface area (Å²) in [5, 5.41) is 4.88. The van der Waals surface area contributed by atoms with Crippen molar-refractivity contribution in [1.82, 2.24) is 0 Å². The molecular formula is C69H47N. The minimum atomic E-state index is -0.562. The van der Waals surface area contributed by atoms with E-state index in [4.69, 9.17) is 0 Å². The Kier molecular flexibility index (Phi) is 10.1. The number of rotatable bonds is 9. The molecule has 12 aromatic rings. The zero-order valence-electron chi connectivity index (χ0n) is 38.6. The molecule has 0 aliphatic heterocycles. The molecule has 0 saturated carbocycles. The van der Waals surface area contributed by atoms with Crippen molar-refractivity contribution in [2.24, 2.45) is 0 Å². The first-order valence-corrected chi connectivity index (χ1v) is 24.2. The van der Waals surface area contributed by atoms with Crippen LogP contribution >= 0.6 is 0 Å². The van der Waals surface area contributed by atoms with E-state index in [1.54, 1.807) is 0 Å². The van der Waals surface area contributed by atoms with Gasteiger partial charge in [0.1, 0.15) is 0 Å². The molecule has 0 spiro atoms. The van der Waals surface area contributed by atoms with Gasteiger partial charge in [0.05, 0.1) is 11.1 Å². The first-order valence-electron chi connectivity index (χ1n) is 24.2. The Labute approximate surface area is 409 Å². The topological polar surface area (TPSA) is 3.24 Å². The van der Waals surface area contributed by atoms with Crippen molar-refractivity contribution in [3.05, 3.63) is 307 Å². The summed E-state index contributed by atoms with van der Waals surface area (Å²) >= 11 is 0. The smallest absolute Gasteiger partial charge is 0.0714 e. The van der Waals surface area contributed by atoms with Crippen LogP contribution in [0.3, 0.4) is 0 Å². The lowest BCUT2D eigenvalue weighted by atomic mass is 9.67. The molecule has 328 valence electrons. The number of hydrogen-bond donors (Lipinski definition) is 0. The first-order chi connectivity index (χ1) is 34.7. The van der Waals surface area contributed by atoms with E-state index in [0.717, 1.165) is 33.8 Å². The average Bonchev–Trinajstić information content (AvgIpc) is 3.74. The van der Waals surface area contributed by atoms with Gasteiger partial charge in [0.15, 0.2) is 0 Å². The minimum Gasteiger partial charge on any atom is -0.310 e. The Hall–Kier alpha value is -9.04. The molecule has 0 radical (unpaired) electrons. The Bertz CT molecular complexity index is 3820. The van der Waals surface area contributed by atoms with E-state index in [0.29, 0.717) is 0 Å². The number of hydrogen-bond acceptors (Lipinski definition) is 1. The lowest BCUT2D eigenvalue weighted by Gasteiger charge is -2.35. The third-order valence-electron chi connectivity index (χ3n) is 14.5. The molecule has 0 unspecified atom stereocenters. The molecular weight excluding hydrogens is 843 g/mol. The maximum Gasteiger partial charge on any atom is 0.0714 e. The Morgan fingerprint density at radius 1 is 0.243 bits per heavy atom. The maximum atomic E-state index is 2.51. The van der Waals surface area contributed by atoms with E-state index in [-0.39, 0.29) is 0 Å². The van der Waals surface area contributed by atoms with Gasteiger partial charge < -0.3 is 4.90 Å². The third kappa shape index (κ3) is 6.86. The van der Waals surface area contributed by atoms with E-state index in [2.05, 4.69) is 290 Å². The molecule has 0 atom stereocenters. The summed E-state index contributed by atoms with van der Waals surface area (Å²) in [6.07, 6.45) is 0. The van der Waals surface area contributed by atoms with Crippen LogP contribution in [-0.2, 0) is 5.41 Å². The molecule has 0 saturated heterocycles. The van der Waals surface area contributed by atoms with E-state index in [9.17, 15) is 0 Å². The predicted molar refractivity (Wildman–Crippen MR) is 295 cm³/mol. The van der Waals surface area contributed by atoms with Gasteiger partial charge in [-0.1, -0.05) is 249 Å². The van der Waals surface area contributed by atoms with Crippen LogP contribution in [0.4, 0.5) is 17.1 Å². The van der Waals surface area contributed by atoms with Gasteiger partial charge in [-0.25, -0.2) is 0 Å². The van der Waals surface area contributed by atoms with Gasteiger partial charge in [0.25, 0.3) is 0 Å². The van der Waals surface area contributed by atoms with Gasteiger partial charge in [-0.15, -0.1) is 0 Å². The fourth-order valence-corrected chi connectivity index (χ4v) is 11.4. The molecule has 12 aromatic carbocycles. The zero-order chi connectivity index (χ0) is 46.4. The molecule has 0 amide bonds. The predicted octanol–water partition coefficient (Wildman–Crippen LogP) is 18.5. The number of fused-ring (bicyclic) bond motifs is 5. The fourth-order valence-electron chi connectivity index (χ4n) is 11.4. The molecule has 13 rings (SSSR count). The average molecular weight is 890 g/mol. The molecule has 0 fully saturated rings. The molecule has 1 aliphatic carbocycles. The summed E-state index contributed by atoms with van der Waals surface area (Å²) in [5.41, 5.74) is 19.7. The summed E-state index contributed by atoms with van der Waals surface area (Å²) in [5.74, 6) is 0. The lowest BCUT2D eigenvalue weighted by molar-refractivity contribution is 0.768. The summed E-state index contributed by atoms with van der Waals surface area (Å²) in [7, 11) is 0. The van der Waals surface area contributed by atoms with Crippen molar-refractivity contribution < 1.29 is 0 Å². The van der Waals surface area contributed by atoms with Gasteiger partial charge in [-0.2, -0.15) is 0 Å². The zero-order valence-corrected chi connectivity index (χ0v) is 38.6. The van der Waals surface area contributed by atoms with Crippen LogP contribution in [0, 0.1) is 0 Å². The van der Waals surface area contributed by atoms with Gasteiger partial charge in [0.2, 0.25) is 0 Å². The highest BCUT2D eigenvalue weighted by molar-refractivity contribution is 6.04. The summed E-state index contributed by atoms with van der Waals surface area (Å²) < 4.78 is 0. The summed E-state index contributed by atoms with van der Waals surface area (Å²) in [6, 6.07) is 105. The number of anilines is 3. The van der Waals surface area contributed by atoms with Gasteiger partial charge in [0, 0.05) is 16.9 Å².